The third kappa shape index (κ3) is 3.31. The Kier molecular flexibility index (Phi) is 4.73. The minimum Gasteiger partial charge on any atom is -0.469 e. The lowest BCUT2D eigenvalue weighted by molar-refractivity contribution is -0.116. The van der Waals surface area contributed by atoms with Crippen LogP contribution in [0.5, 0.6) is 0 Å². The zero-order chi connectivity index (χ0) is 22.5. The molecule has 2 aromatic carbocycles. The number of carbonyl (C=O) groups excluding carboxylic acids is 1. The summed E-state index contributed by atoms with van der Waals surface area (Å²) in [7, 11) is 0. The lowest BCUT2D eigenvalue weighted by Crippen LogP contribution is -2.30. The van der Waals surface area contributed by atoms with Crippen molar-refractivity contribution in [3.63, 3.8) is 0 Å². The summed E-state index contributed by atoms with van der Waals surface area (Å²) in [5.41, 5.74) is 5.70. The molecule has 1 N–H and O–H groups in total. The molecule has 164 valence electrons. The van der Waals surface area contributed by atoms with E-state index in [-0.39, 0.29) is 17.6 Å². The quantitative estimate of drug-likeness (QED) is 0.389. The van der Waals surface area contributed by atoms with Gasteiger partial charge < -0.3 is 9.73 Å². The first kappa shape index (κ1) is 20.1. The number of rotatable bonds is 3. The van der Waals surface area contributed by atoms with Crippen LogP contribution >= 0.6 is 11.6 Å². The zero-order valence-electron chi connectivity index (χ0n) is 18.1. The number of para-hydroxylation sites is 1. The number of halogens is 1. The summed E-state index contributed by atoms with van der Waals surface area (Å²) in [5.74, 6) is 1.71. The lowest BCUT2D eigenvalue weighted by atomic mass is 9.73. The maximum Gasteiger partial charge on any atom is 0.162 e. The van der Waals surface area contributed by atoms with Crippen LogP contribution < -0.4 is 5.32 Å². The van der Waals surface area contributed by atoms with E-state index < -0.39 is 0 Å². The van der Waals surface area contributed by atoms with Crippen LogP contribution in [0.1, 0.15) is 47.3 Å². The fraction of sp³-hybridized carbons (Fsp3) is 0.185. The molecule has 3 heterocycles. The molecule has 0 saturated carbocycles. The van der Waals surface area contributed by atoms with Crippen LogP contribution in [-0.4, -0.2) is 15.6 Å². The van der Waals surface area contributed by atoms with E-state index >= 15 is 0 Å². The van der Waals surface area contributed by atoms with Crippen LogP contribution in [0.2, 0.25) is 5.02 Å². The number of carbonyl (C=O) groups is 1. The maximum absolute atomic E-state index is 13.6. The summed E-state index contributed by atoms with van der Waals surface area (Å²) >= 11 is 6.19. The normalized spacial score (nSPS) is 19.8. The second-order valence-electron chi connectivity index (χ2n) is 8.64. The van der Waals surface area contributed by atoms with Crippen LogP contribution in [0.3, 0.4) is 0 Å². The Labute approximate surface area is 196 Å². The summed E-state index contributed by atoms with van der Waals surface area (Å²) in [5, 5.41) is 9.16. The number of fused-ring (bicyclic) bond motifs is 1. The van der Waals surface area contributed by atoms with E-state index in [1.165, 1.54) is 0 Å². The molecule has 2 aromatic heterocycles. The molecule has 6 rings (SSSR count). The molecule has 0 radical (unpaired) electrons. The van der Waals surface area contributed by atoms with Gasteiger partial charge in [-0.1, -0.05) is 41.9 Å². The average molecular weight is 456 g/mol. The number of hydrogen-bond donors (Lipinski definition) is 1. The number of anilines is 1. The molecular formula is C27H22ClN3O2. The van der Waals surface area contributed by atoms with E-state index in [0.29, 0.717) is 17.9 Å². The van der Waals surface area contributed by atoms with Gasteiger partial charge in [0.25, 0.3) is 0 Å². The molecule has 1 aliphatic carbocycles. The van der Waals surface area contributed by atoms with Crippen LogP contribution in [0, 0.1) is 6.92 Å². The van der Waals surface area contributed by atoms with E-state index in [1.54, 1.807) is 6.26 Å². The summed E-state index contributed by atoms with van der Waals surface area (Å²) in [6.45, 7) is 2.01. The maximum atomic E-state index is 13.6. The molecule has 0 amide bonds. The highest BCUT2D eigenvalue weighted by Gasteiger charge is 2.41. The van der Waals surface area contributed by atoms with Crippen molar-refractivity contribution in [2.75, 3.05) is 5.32 Å². The van der Waals surface area contributed by atoms with Crippen molar-refractivity contribution in [1.29, 1.82) is 0 Å². The number of Topliss-reactive ketones (excluding diaryl/α,β-unsaturated/α-hetero) is 1. The first-order valence-electron chi connectivity index (χ1n) is 11.1. The Morgan fingerprint density at radius 3 is 2.55 bits per heavy atom. The monoisotopic (exact) mass is 455 g/mol. The van der Waals surface area contributed by atoms with Crippen molar-refractivity contribution in [3.8, 4) is 5.69 Å². The van der Waals surface area contributed by atoms with E-state index in [2.05, 4.69) is 5.32 Å². The highest BCUT2D eigenvalue weighted by Crippen LogP contribution is 2.49. The standard InChI is InChI=1S/C27H22ClN3O2/c1-16-24-25(17-9-11-19(28)12-10-17)26-21(14-18(15-22(26)32)23-8-5-13-33-23)29-27(24)31(30-16)20-6-3-2-4-7-20/h2-13,18,25,29H,14-15H2,1H3. The SMILES string of the molecule is Cc1nn(-c2ccccc2)c2c1C(c1ccc(Cl)cc1)C1=C(CC(c3ccco3)CC1=O)N2. The lowest BCUT2D eigenvalue weighted by Gasteiger charge is -2.35. The third-order valence-corrected chi connectivity index (χ3v) is 6.86. The van der Waals surface area contributed by atoms with Gasteiger partial charge in [0.1, 0.15) is 11.6 Å². The van der Waals surface area contributed by atoms with E-state index in [0.717, 1.165) is 45.4 Å². The van der Waals surface area contributed by atoms with Gasteiger partial charge in [0.05, 0.1) is 17.6 Å². The first-order chi connectivity index (χ1) is 16.1. The number of nitrogens with one attached hydrogen (secondary N) is 1. The van der Waals surface area contributed by atoms with Crippen molar-refractivity contribution in [3.05, 3.63) is 112 Å². The number of nitrogens with zero attached hydrogens (tertiary/aromatic N) is 2. The molecule has 0 fully saturated rings. The Balaban J connectivity index is 1.54. The predicted octanol–water partition coefficient (Wildman–Crippen LogP) is 6.39. The Hall–Kier alpha value is -3.57. The van der Waals surface area contributed by atoms with Crippen molar-refractivity contribution in [1.82, 2.24) is 9.78 Å². The van der Waals surface area contributed by atoms with Crippen molar-refractivity contribution >= 4 is 23.2 Å². The molecule has 2 atom stereocenters. The molecule has 0 bridgehead atoms. The summed E-state index contributed by atoms with van der Waals surface area (Å²) in [6.07, 6.45) is 2.80. The molecule has 2 aliphatic rings. The van der Waals surface area contributed by atoms with Gasteiger partial charge in [-0.3, -0.25) is 4.79 Å². The Morgan fingerprint density at radius 1 is 1.03 bits per heavy atom. The van der Waals surface area contributed by atoms with Crippen LogP contribution in [0.25, 0.3) is 5.69 Å². The third-order valence-electron chi connectivity index (χ3n) is 6.61. The zero-order valence-corrected chi connectivity index (χ0v) is 18.8. The van der Waals surface area contributed by atoms with Gasteiger partial charge in [-0.15, -0.1) is 0 Å². The summed E-state index contributed by atoms with van der Waals surface area (Å²) in [6, 6.07) is 21.7. The molecule has 0 saturated heterocycles. The summed E-state index contributed by atoms with van der Waals surface area (Å²) in [4.78, 5) is 13.6. The van der Waals surface area contributed by atoms with Gasteiger partial charge >= 0.3 is 0 Å². The number of aromatic nitrogens is 2. The van der Waals surface area contributed by atoms with Crippen LogP contribution in [-0.2, 0) is 4.79 Å². The number of furan rings is 1. The van der Waals surface area contributed by atoms with Crippen molar-refractivity contribution in [2.45, 2.75) is 31.6 Å². The Morgan fingerprint density at radius 2 is 1.82 bits per heavy atom. The largest absolute Gasteiger partial charge is 0.469 e. The fourth-order valence-corrected chi connectivity index (χ4v) is 5.27. The molecule has 2 unspecified atom stereocenters. The van der Waals surface area contributed by atoms with E-state index in [9.17, 15) is 4.79 Å². The molecule has 6 heteroatoms. The second-order valence-corrected chi connectivity index (χ2v) is 9.08. The summed E-state index contributed by atoms with van der Waals surface area (Å²) < 4.78 is 7.60. The van der Waals surface area contributed by atoms with Crippen LogP contribution in [0.4, 0.5) is 5.82 Å². The molecule has 33 heavy (non-hydrogen) atoms. The average Bonchev–Trinajstić information content (AvgIpc) is 3.48. The number of allylic oxidation sites excluding steroid dienone is 2. The van der Waals surface area contributed by atoms with Gasteiger partial charge in [0.2, 0.25) is 0 Å². The Bertz CT molecular complexity index is 1370. The molecule has 4 aromatic rings. The van der Waals surface area contributed by atoms with E-state index in [1.807, 2.05) is 78.3 Å². The number of ketones is 1. The molecule has 5 nitrogen and oxygen atoms in total. The molecule has 0 spiro atoms. The minimum atomic E-state index is -0.198. The molecule has 1 aliphatic heterocycles. The highest BCUT2D eigenvalue weighted by atomic mass is 35.5. The predicted molar refractivity (Wildman–Crippen MR) is 128 cm³/mol. The van der Waals surface area contributed by atoms with Crippen molar-refractivity contribution in [2.24, 2.45) is 0 Å². The number of benzene rings is 2. The smallest absolute Gasteiger partial charge is 0.162 e. The van der Waals surface area contributed by atoms with Gasteiger partial charge in [-0.05, 0) is 55.3 Å². The van der Waals surface area contributed by atoms with Crippen LogP contribution in [0.15, 0.2) is 88.7 Å². The van der Waals surface area contributed by atoms with Gasteiger partial charge in [-0.25, -0.2) is 4.68 Å². The fourth-order valence-electron chi connectivity index (χ4n) is 5.15. The topological polar surface area (TPSA) is 60.1 Å². The van der Waals surface area contributed by atoms with E-state index in [4.69, 9.17) is 21.1 Å². The number of hydrogen-bond acceptors (Lipinski definition) is 4. The first-order valence-corrected chi connectivity index (χ1v) is 11.4. The van der Waals surface area contributed by atoms with Gasteiger partial charge in [0.15, 0.2) is 5.78 Å². The molecular weight excluding hydrogens is 434 g/mol. The number of aryl methyl sites for hydroxylation is 1. The van der Waals surface area contributed by atoms with Gasteiger partial charge in [-0.2, -0.15) is 5.10 Å². The highest BCUT2D eigenvalue weighted by molar-refractivity contribution is 6.30. The minimum absolute atomic E-state index is 0.0142. The second kappa shape index (κ2) is 7.78. The van der Waals surface area contributed by atoms with Crippen molar-refractivity contribution < 1.29 is 9.21 Å². The van der Waals surface area contributed by atoms with Gasteiger partial charge in [0, 0.05) is 40.1 Å².